The van der Waals surface area contributed by atoms with E-state index in [9.17, 15) is 4.79 Å². The van der Waals surface area contributed by atoms with Gasteiger partial charge in [0.15, 0.2) is 11.5 Å². The first kappa shape index (κ1) is 25.4. The normalized spacial score (nSPS) is 11.8. The molecule has 1 amide bonds. The minimum Gasteiger partial charge on any atom is -0.493 e. The third kappa shape index (κ3) is 5.58. The van der Waals surface area contributed by atoms with Gasteiger partial charge in [0.05, 0.1) is 32.3 Å². The maximum absolute atomic E-state index is 11.6. The monoisotopic (exact) mass is 505 g/mol. The Balaban J connectivity index is 1.57. The quantitative estimate of drug-likeness (QED) is 0.288. The van der Waals surface area contributed by atoms with Gasteiger partial charge >= 0.3 is 0 Å². The van der Waals surface area contributed by atoms with E-state index in [1.54, 1.807) is 32.6 Å². The first-order chi connectivity index (χ1) is 17.4. The number of carbonyl (C=O) groups is 1. The molecule has 2 heterocycles. The van der Waals surface area contributed by atoms with Crippen molar-refractivity contribution in [1.82, 2.24) is 20.6 Å². The lowest BCUT2D eigenvalue weighted by Gasteiger charge is -2.17. The smallest absolute Gasteiger partial charge is 0.233 e. The van der Waals surface area contributed by atoms with Gasteiger partial charge in [-0.1, -0.05) is 24.3 Å². The number of ether oxygens (including phenoxy) is 2. The molecule has 0 saturated carbocycles. The van der Waals surface area contributed by atoms with Crippen LogP contribution in [0.25, 0.3) is 21.3 Å². The maximum atomic E-state index is 11.6. The molecule has 0 saturated heterocycles. The van der Waals surface area contributed by atoms with Crippen molar-refractivity contribution >= 4 is 34.0 Å². The molecule has 0 bridgehead atoms. The molecule has 4 aromatic rings. The zero-order chi connectivity index (χ0) is 25.7. The average Bonchev–Trinajstić information content (AvgIpc) is 3.38. The van der Waals surface area contributed by atoms with Crippen molar-refractivity contribution < 1.29 is 14.3 Å². The van der Waals surface area contributed by atoms with Crippen molar-refractivity contribution in [2.45, 2.75) is 26.4 Å². The van der Waals surface area contributed by atoms with Gasteiger partial charge in [0, 0.05) is 34.8 Å². The fourth-order valence-electron chi connectivity index (χ4n) is 4.00. The summed E-state index contributed by atoms with van der Waals surface area (Å²) in [4.78, 5) is 23.2. The predicted octanol–water partition coefficient (Wildman–Crippen LogP) is 4.69. The molecule has 0 aliphatic rings. The van der Waals surface area contributed by atoms with Crippen LogP contribution in [-0.2, 0) is 11.3 Å². The van der Waals surface area contributed by atoms with Crippen LogP contribution < -0.4 is 25.4 Å². The molecule has 0 fully saturated rings. The molecule has 3 N–H and O–H groups in total. The molecule has 8 nitrogen and oxygen atoms in total. The Bertz CT molecular complexity index is 1370. The Morgan fingerprint density at radius 1 is 1.06 bits per heavy atom. The van der Waals surface area contributed by atoms with Gasteiger partial charge < -0.3 is 25.4 Å². The van der Waals surface area contributed by atoms with Gasteiger partial charge in [-0.05, 0) is 43.2 Å². The summed E-state index contributed by atoms with van der Waals surface area (Å²) in [6, 6.07) is 16.4. The summed E-state index contributed by atoms with van der Waals surface area (Å²) in [6.45, 7) is 4.90. The van der Waals surface area contributed by atoms with E-state index in [-0.39, 0.29) is 18.5 Å². The zero-order valence-corrected chi connectivity index (χ0v) is 22.0. The lowest BCUT2D eigenvalue weighted by atomic mass is 10.1. The molecule has 9 heteroatoms. The van der Waals surface area contributed by atoms with Gasteiger partial charge in [0.25, 0.3) is 0 Å². The Labute approximate surface area is 215 Å². The number of likely N-dealkylation sites (N-methyl/N-ethyl adjacent to an activating group) is 1. The fraction of sp³-hybridized carbons (Fsp3) is 0.296. The van der Waals surface area contributed by atoms with Crippen molar-refractivity contribution in [3.05, 3.63) is 64.8 Å². The zero-order valence-electron chi connectivity index (χ0n) is 21.1. The molecule has 36 heavy (non-hydrogen) atoms. The predicted molar refractivity (Wildman–Crippen MR) is 145 cm³/mol. The third-order valence-electron chi connectivity index (χ3n) is 5.88. The summed E-state index contributed by atoms with van der Waals surface area (Å²) in [6.07, 6.45) is 0. The van der Waals surface area contributed by atoms with Gasteiger partial charge in [-0.2, -0.15) is 0 Å². The number of fused-ring (bicyclic) bond motifs is 1. The van der Waals surface area contributed by atoms with Crippen LogP contribution in [0.5, 0.6) is 11.5 Å². The van der Waals surface area contributed by atoms with Crippen molar-refractivity contribution in [2.75, 3.05) is 33.1 Å². The molecule has 0 radical (unpaired) electrons. The van der Waals surface area contributed by atoms with Crippen LogP contribution in [0, 0.1) is 6.92 Å². The van der Waals surface area contributed by atoms with Crippen molar-refractivity contribution in [1.29, 1.82) is 0 Å². The van der Waals surface area contributed by atoms with Crippen LogP contribution in [-0.4, -0.2) is 43.7 Å². The van der Waals surface area contributed by atoms with Crippen LogP contribution in [0.4, 0.5) is 5.82 Å². The largest absolute Gasteiger partial charge is 0.493 e. The minimum absolute atomic E-state index is 0.0212. The Hall–Kier alpha value is -3.69. The molecule has 188 valence electrons. The summed E-state index contributed by atoms with van der Waals surface area (Å²) >= 11 is 1.74. The number of hydrogen-bond donors (Lipinski definition) is 3. The van der Waals surface area contributed by atoms with E-state index in [4.69, 9.17) is 9.47 Å². The van der Waals surface area contributed by atoms with Gasteiger partial charge in [-0.3, -0.25) is 4.79 Å². The Kier molecular flexibility index (Phi) is 8.02. The molecule has 2 aromatic carbocycles. The van der Waals surface area contributed by atoms with Crippen LogP contribution >= 0.6 is 11.3 Å². The highest BCUT2D eigenvalue weighted by Crippen LogP contribution is 2.37. The SMILES string of the molecule is CNC(=O)CNCc1ccccc1-c1ccc(C(C)Nc2nc(C)nc3cc(OC)c(OC)cc23)s1. The molecule has 1 unspecified atom stereocenters. The van der Waals surface area contributed by atoms with E-state index in [1.807, 2.05) is 31.2 Å². The number of nitrogens with zero attached hydrogens (tertiary/aromatic N) is 2. The van der Waals surface area contributed by atoms with Crippen LogP contribution in [0.15, 0.2) is 48.5 Å². The van der Waals surface area contributed by atoms with Crippen molar-refractivity contribution in [3.8, 4) is 21.9 Å². The first-order valence-corrected chi connectivity index (χ1v) is 12.5. The van der Waals surface area contributed by atoms with Gasteiger partial charge in [0.1, 0.15) is 11.6 Å². The summed E-state index contributed by atoms with van der Waals surface area (Å²) < 4.78 is 10.9. The van der Waals surface area contributed by atoms with Crippen molar-refractivity contribution in [3.63, 3.8) is 0 Å². The lowest BCUT2D eigenvalue weighted by Crippen LogP contribution is -2.31. The van der Waals surface area contributed by atoms with Crippen LogP contribution in [0.2, 0.25) is 0 Å². The van der Waals surface area contributed by atoms with E-state index in [1.165, 1.54) is 9.75 Å². The number of aromatic nitrogens is 2. The number of amides is 1. The number of methoxy groups -OCH3 is 2. The summed E-state index contributed by atoms with van der Waals surface area (Å²) in [5.74, 6) is 2.66. The first-order valence-electron chi connectivity index (χ1n) is 11.7. The Morgan fingerprint density at radius 3 is 2.56 bits per heavy atom. The highest BCUT2D eigenvalue weighted by atomic mass is 32.1. The van der Waals surface area contributed by atoms with Crippen molar-refractivity contribution in [2.24, 2.45) is 0 Å². The van der Waals surface area contributed by atoms with E-state index in [0.29, 0.717) is 23.9 Å². The number of thiophene rings is 1. The number of benzene rings is 2. The summed E-state index contributed by atoms with van der Waals surface area (Å²) in [5, 5.41) is 10.3. The molecule has 0 aliphatic heterocycles. The highest BCUT2D eigenvalue weighted by molar-refractivity contribution is 7.15. The standard InChI is InChI=1S/C27H31N5O3S/c1-16(30-27-20-12-22(34-4)23(35-5)13-21(20)31-17(2)32-27)24-10-11-25(36-24)19-9-7-6-8-18(19)14-29-15-26(33)28-3/h6-13,16,29H,14-15H2,1-5H3,(H,28,33)(H,30,31,32). The fourth-order valence-corrected chi connectivity index (χ4v) is 5.07. The Morgan fingerprint density at radius 2 is 1.81 bits per heavy atom. The maximum Gasteiger partial charge on any atom is 0.233 e. The molecule has 0 aliphatic carbocycles. The number of rotatable bonds is 10. The number of aryl methyl sites for hydroxylation is 1. The second-order valence-corrected chi connectivity index (χ2v) is 9.46. The minimum atomic E-state index is -0.0330. The summed E-state index contributed by atoms with van der Waals surface area (Å²) in [7, 11) is 4.87. The van der Waals surface area contributed by atoms with E-state index in [2.05, 4.69) is 57.1 Å². The highest BCUT2D eigenvalue weighted by Gasteiger charge is 2.16. The molecular formula is C27H31N5O3S. The number of anilines is 1. The topological polar surface area (TPSA) is 97.4 Å². The van der Waals surface area contributed by atoms with E-state index < -0.39 is 0 Å². The molecular weight excluding hydrogens is 474 g/mol. The van der Waals surface area contributed by atoms with Gasteiger partial charge in [-0.25, -0.2) is 9.97 Å². The van der Waals surface area contributed by atoms with Gasteiger partial charge in [0.2, 0.25) is 5.91 Å². The number of carbonyl (C=O) groups excluding carboxylic acids is 1. The molecule has 1 atom stereocenters. The van der Waals surface area contributed by atoms with E-state index in [0.717, 1.165) is 27.8 Å². The molecule has 2 aromatic heterocycles. The molecule has 0 spiro atoms. The second-order valence-electron chi connectivity index (χ2n) is 8.35. The average molecular weight is 506 g/mol. The number of hydrogen-bond acceptors (Lipinski definition) is 8. The molecule has 4 rings (SSSR count). The van der Waals surface area contributed by atoms with Crippen LogP contribution in [0.3, 0.4) is 0 Å². The van der Waals surface area contributed by atoms with Gasteiger partial charge in [-0.15, -0.1) is 11.3 Å². The van der Waals surface area contributed by atoms with Crippen LogP contribution in [0.1, 0.15) is 29.2 Å². The van der Waals surface area contributed by atoms with E-state index >= 15 is 0 Å². The number of nitrogens with one attached hydrogen (secondary N) is 3. The second kappa shape index (κ2) is 11.4. The summed E-state index contributed by atoms with van der Waals surface area (Å²) in [5.41, 5.74) is 3.10. The third-order valence-corrected chi connectivity index (χ3v) is 7.18. The lowest BCUT2D eigenvalue weighted by molar-refractivity contribution is -0.119.